The van der Waals surface area contributed by atoms with Gasteiger partial charge in [-0.2, -0.15) is 0 Å². The highest BCUT2D eigenvalue weighted by molar-refractivity contribution is 6.53. The molecule has 2 amide bonds. The Morgan fingerprint density at radius 1 is 0.943 bits per heavy atom. The fourth-order valence-corrected chi connectivity index (χ4v) is 5.19. The van der Waals surface area contributed by atoms with Gasteiger partial charge in [-0.05, 0) is 42.0 Å². The number of carbonyl (C=O) groups excluding carboxylic acids is 2. The highest BCUT2D eigenvalue weighted by atomic mass is 35.5. The highest BCUT2D eigenvalue weighted by Gasteiger charge is 2.67. The van der Waals surface area contributed by atoms with E-state index >= 15 is 0 Å². The molecule has 4 rings (SSSR count). The van der Waals surface area contributed by atoms with Gasteiger partial charge in [0.1, 0.15) is 10.5 Å². The maximum Gasteiger partial charge on any atom is 0.289 e. The van der Waals surface area contributed by atoms with Crippen molar-refractivity contribution in [2.24, 2.45) is 5.92 Å². The molecule has 1 heterocycles. The van der Waals surface area contributed by atoms with Gasteiger partial charge in [-0.25, -0.2) is 0 Å². The van der Waals surface area contributed by atoms with Crippen molar-refractivity contribution in [3.8, 4) is 0 Å². The summed E-state index contributed by atoms with van der Waals surface area (Å²) in [6, 6.07) is 10.3. The quantitative estimate of drug-likeness (QED) is 0.193. The van der Waals surface area contributed by atoms with Crippen molar-refractivity contribution in [1.82, 2.24) is 4.98 Å². The van der Waals surface area contributed by atoms with Crippen molar-refractivity contribution >= 4 is 86.9 Å². The number of anilines is 2. The Balaban J connectivity index is 1.51. The molecule has 1 aromatic heterocycles. The van der Waals surface area contributed by atoms with Crippen LogP contribution < -0.4 is 10.6 Å². The van der Waals surface area contributed by atoms with Crippen molar-refractivity contribution in [2.75, 3.05) is 10.6 Å². The van der Waals surface area contributed by atoms with E-state index in [4.69, 9.17) is 58.0 Å². The van der Waals surface area contributed by atoms with E-state index in [-0.39, 0.29) is 27.6 Å². The van der Waals surface area contributed by atoms with E-state index in [1.54, 1.807) is 18.2 Å². The Hall–Kier alpha value is -2.62. The predicted octanol–water partition coefficient (Wildman–Crippen LogP) is 6.73. The molecule has 1 aliphatic carbocycles. The first kappa shape index (κ1) is 25.5. The number of pyridine rings is 1. The number of amides is 2. The van der Waals surface area contributed by atoms with Crippen molar-refractivity contribution < 1.29 is 14.5 Å². The van der Waals surface area contributed by atoms with Crippen LogP contribution in [0.1, 0.15) is 21.8 Å². The van der Waals surface area contributed by atoms with E-state index in [0.29, 0.717) is 15.6 Å². The number of rotatable bonds is 6. The standard InChI is InChI=1S/C22H13Cl5N4O4/c23-11-3-10(4-12(24)5-11)18-19(22(18,26)27)21(33)29-13-1-2-17(25)16(7-13)20(32)30-14-6-15(31(34)35)9-28-8-14/h1-9,18-19H,(H,29,33)(H,30,32)/t18-,19+/m0/s1. The molecule has 3 aromatic rings. The number of benzene rings is 2. The van der Waals surface area contributed by atoms with Crippen LogP contribution in [-0.4, -0.2) is 26.1 Å². The second-order valence-electron chi connectivity index (χ2n) is 7.66. The van der Waals surface area contributed by atoms with Crippen LogP contribution in [0.25, 0.3) is 0 Å². The first-order valence-electron chi connectivity index (χ1n) is 9.82. The maximum absolute atomic E-state index is 13.0. The van der Waals surface area contributed by atoms with E-state index in [0.717, 1.165) is 12.3 Å². The molecular formula is C22H13Cl5N4O4. The number of alkyl halides is 2. The lowest BCUT2D eigenvalue weighted by atomic mass is 10.1. The Morgan fingerprint density at radius 3 is 2.29 bits per heavy atom. The van der Waals surface area contributed by atoms with Crippen molar-refractivity contribution in [3.63, 3.8) is 0 Å². The molecule has 1 saturated carbocycles. The molecule has 0 bridgehead atoms. The molecule has 0 radical (unpaired) electrons. The van der Waals surface area contributed by atoms with Crippen LogP contribution in [0.3, 0.4) is 0 Å². The zero-order valence-electron chi connectivity index (χ0n) is 17.3. The van der Waals surface area contributed by atoms with Crippen LogP contribution in [0.2, 0.25) is 15.1 Å². The van der Waals surface area contributed by atoms with E-state index in [2.05, 4.69) is 15.6 Å². The zero-order valence-corrected chi connectivity index (χ0v) is 21.0. The van der Waals surface area contributed by atoms with Gasteiger partial charge in [-0.1, -0.05) is 34.8 Å². The molecule has 1 aliphatic rings. The molecule has 2 N–H and O–H groups in total. The SMILES string of the molecule is O=C(Nc1cncc([N+](=O)[O-])c1)c1cc(NC(=O)[C@H]2[C@H](c3cc(Cl)cc(Cl)c3)C2(Cl)Cl)ccc1Cl. The summed E-state index contributed by atoms with van der Waals surface area (Å²) in [6.45, 7) is 0. The first-order chi connectivity index (χ1) is 16.5. The minimum atomic E-state index is -1.38. The molecule has 0 spiro atoms. The number of carbonyl (C=O) groups is 2. The molecule has 0 aliphatic heterocycles. The fraction of sp³-hybridized carbons (Fsp3) is 0.136. The summed E-state index contributed by atoms with van der Waals surface area (Å²) in [5.41, 5.74) is 0.716. The van der Waals surface area contributed by atoms with E-state index in [9.17, 15) is 19.7 Å². The second-order valence-corrected chi connectivity index (χ2v) is 10.4. The van der Waals surface area contributed by atoms with Gasteiger partial charge >= 0.3 is 0 Å². The molecule has 13 heteroatoms. The molecule has 0 unspecified atom stereocenters. The maximum atomic E-state index is 13.0. The molecule has 1 fully saturated rings. The van der Waals surface area contributed by atoms with Gasteiger partial charge in [0.25, 0.3) is 11.6 Å². The van der Waals surface area contributed by atoms with Crippen molar-refractivity contribution in [2.45, 2.75) is 10.3 Å². The van der Waals surface area contributed by atoms with Crippen LogP contribution in [0.15, 0.2) is 54.9 Å². The van der Waals surface area contributed by atoms with E-state index < -0.39 is 32.9 Å². The average Bonchev–Trinajstić information content (AvgIpc) is 3.36. The lowest BCUT2D eigenvalue weighted by Crippen LogP contribution is -2.18. The lowest BCUT2D eigenvalue weighted by Gasteiger charge is -2.10. The molecule has 35 heavy (non-hydrogen) atoms. The van der Waals surface area contributed by atoms with Gasteiger partial charge in [-0.3, -0.25) is 24.7 Å². The average molecular weight is 575 g/mol. The Labute approximate surface area is 223 Å². The first-order valence-corrected chi connectivity index (χ1v) is 11.7. The molecule has 2 atom stereocenters. The Bertz CT molecular complexity index is 1350. The number of nitrogens with zero attached hydrogens (tertiary/aromatic N) is 2. The minimum absolute atomic E-state index is 0.0213. The highest BCUT2D eigenvalue weighted by Crippen LogP contribution is 2.65. The molecule has 8 nitrogen and oxygen atoms in total. The molecule has 180 valence electrons. The third-order valence-electron chi connectivity index (χ3n) is 5.25. The summed E-state index contributed by atoms with van der Waals surface area (Å²) in [5, 5.41) is 17.0. The summed E-state index contributed by atoms with van der Waals surface area (Å²) in [4.78, 5) is 39.7. The fourth-order valence-electron chi connectivity index (χ4n) is 3.61. The monoisotopic (exact) mass is 572 g/mol. The van der Waals surface area contributed by atoms with Crippen LogP contribution >= 0.6 is 58.0 Å². The van der Waals surface area contributed by atoms with Gasteiger partial charge in [0.2, 0.25) is 5.91 Å². The van der Waals surface area contributed by atoms with Crippen LogP contribution in [0, 0.1) is 16.0 Å². The predicted molar refractivity (Wildman–Crippen MR) is 136 cm³/mol. The number of hydrogen-bond donors (Lipinski definition) is 2. The van der Waals surface area contributed by atoms with Crippen LogP contribution in [0.5, 0.6) is 0 Å². The lowest BCUT2D eigenvalue weighted by molar-refractivity contribution is -0.385. The van der Waals surface area contributed by atoms with Gasteiger partial charge in [0.15, 0.2) is 0 Å². The molecule has 0 saturated heterocycles. The number of hydrogen-bond acceptors (Lipinski definition) is 5. The number of aromatic nitrogens is 1. The molecule has 2 aromatic carbocycles. The zero-order chi connectivity index (χ0) is 25.5. The van der Waals surface area contributed by atoms with E-state index in [1.165, 1.54) is 24.4 Å². The molecular weight excluding hydrogens is 562 g/mol. The summed E-state index contributed by atoms with van der Waals surface area (Å²) >= 11 is 31.0. The van der Waals surface area contributed by atoms with Gasteiger partial charge < -0.3 is 10.6 Å². The normalized spacial score (nSPS) is 18.0. The summed E-state index contributed by atoms with van der Waals surface area (Å²) < 4.78 is -1.38. The van der Waals surface area contributed by atoms with Crippen molar-refractivity contribution in [3.05, 3.63) is 91.2 Å². The van der Waals surface area contributed by atoms with Gasteiger partial charge in [-0.15, -0.1) is 23.2 Å². The van der Waals surface area contributed by atoms with Crippen LogP contribution in [0.4, 0.5) is 17.1 Å². The third kappa shape index (κ3) is 5.47. The summed E-state index contributed by atoms with van der Waals surface area (Å²) in [6.07, 6.45) is 2.30. The van der Waals surface area contributed by atoms with E-state index in [1.807, 2.05) is 0 Å². The summed E-state index contributed by atoms with van der Waals surface area (Å²) in [7, 11) is 0. The smallest absolute Gasteiger partial charge is 0.289 e. The topological polar surface area (TPSA) is 114 Å². The Morgan fingerprint density at radius 2 is 1.63 bits per heavy atom. The van der Waals surface area contributed by atoms with Crippen molar-refractivity contribution in [1.29, 1.82) is 0 Å². The Kier molecular flexibility index (Phi) is 7.13. The minimum Gasteiger partial charge on any atom is -0.326 e. The largest absolute Gasteiger partial charge is 0.326 e. The number of nitro groups is 1. The second kappa shape index (κ2) is 9.79. The number of nitrogens with one attached hydrogen (secondary N) is 2. The van der Waals surface area contributed by atoms with Crippen LogP contribution in [-0.2, 0) is 4.79 Å². The number of halogens is 5. The van der Waals surface area contributed by atoms with Gasteiger partial charge in [0, 0.05) is 27.7 Å². The van der Waals surface area contributed by atoms with Gasteiger partial charge in [0.05, 0.1) is 33.3 Å². The summed E-state index contributed by atoms with van der Waals surface area (Å²) in [5.74, 6) is -2.48. The third-order valence-corrected chi connectivity index (χ3v) is 6.96.